The number of furan rings is 1. The maximum Gasteiger partial charge on any atom is 0.134 e. The summed E-state index contributed by atoms with van der Waals surface area (Å²) in [5.74, 6) is 6.77. The van der Waals surface area contributed by atoms with Crippen molar-refractivity contribution < 1.29 is 13.5 Å². The lowest BCUT2D eigenvalue weighted by molar-refractivity contribution is 0.0466. The lowest BCUT2D eigenvalue weighted by Crippen LogP contribution is -2.38. The van der Waals surface area contributed by atoms with Gasteiger partial charge in [-0.1, -0.05) is 6.92 Å². The van der Waals surface area contributed by atoms with Gasteiger partial charge in [0, 0.05) is 11.3 Å². The van der Waals surface area contributed by atoms with Gasteiger partial charge in [-0.25, -0.2) is 9.82 Å². The number of ether oxygens (including phenoxy) is 1. The molecule has 5 unspecified atom stereocenters. The second kappa shape index (κ2) is 5.40. The van der Waals surface area contributed by atoms with Crippen LogP contribution in [0.3, 0.4) is 0 Å². The fraction of sp³-hybridized carbons (Fsp3) is 0.500. The maximum atomic E-state index is 13.3. The highest BCUT2D eigenvalue weighted by Crippen LogP contribution is 2.41. The Morgan fingerprint density at radius 2 is 1.95 bits per heavy atom. The molecule has 1 saturated heterocycles. The van der Waals surface area contributed by atoms with Crippen LogP contribution in [0.4, 0.5) is 4.39 Å². The van der Waals surface area contributed by atoms with Crippen LogP contribution in [-0.4, -0.2) is 12.2 Å². The van der Waals surface area contributed by atoms with Gasteiger partial charge in [-0.05, 0) is 44.0 Å². The summed E-state index contributed by atoms with van der Waals surface area (Å²) in [6, 6.07) is 6.20. The summed E-state index contributed by atoms with van der Waals surface area (Å²) in [4.78, 5) is 0. The third-order valence-corrected chi connectivity index (χ3v) is 4.69. The Labute approximate surface area is 123 Å². The Balaban J connectivity index is 1.98. The van der Waals surface area contributed by atoms with Crippen LogP contribution in [0.25, 0.3) is 11.0 Å². The zero-order valence-electron chi connectivity index (χ0n) is 12.5. The molecule has 1 aliphatic heterocycles. The molecule has 0 amide bonds. The molecule has 2 heterocycles. The van der Waals surface area contributed by atoms with Crippen LogP contribution < -0.4 is 11.3 Å². The van der Waals surface area contributed by atoms with E-state index in [0.29, 0.717) is 11.5 Å². The first kappa shape index (κ1) is 14.5. The van der Waals surface area contributed by atoms with E-state index in [2.05, 4.69) is 26.2 Å². The van der Waals surface area contributed by atoms with Gasteiger partial charge >= 0.3 is 0 Å². The summed E-state index contributed by atoms with van der Waals surface area (Å²) in [6.07, 6.45) is 0.267. The Hall–Kier alpha value is -1.43. The predicted molar refractivity (Wildman–Crippen MR) is 78.9 cm³/mol. The summed E-state index contributed by atoms with van der Waals surface area (Å²) < 4.78 is 25.0. The average molecular weight is 292 g/mol. The van der Waals surface area contributed by atoms with Crippen LogP contribution in [0.5, 0.6) is 0 Å². The largest absolute Gasteiger partial charge is 0.459 e. The molecule has 3 rings (SSSR count). The molecule has 5 heteroatoms. The zero-order chi connectivity index (χ0) is 15.1. The molecule has 4 nitrogen and oxygen atoms in total. The molecule has 114 valence electrons. The molecule has 0 bridgehead atoms. The second-order valence-electron chi connectivity index (χ2n) is 5.96. The summed E-state index contributed by atoms with van der Waals surface area (Å²) in [5, 5.41) is 0.748. The van der Waals surface area contributed by atoms with Gasteiger partial charge in [0.15, 0.2) is 0 Å². The summed E-state index contributed by atoms with van der Waals surface area (Å²) >= 11 is 0. The Morgan fingerprint density at radius 1 is 1.19 bits per heavy atom. The highest BCUT2D eigenvalue weighted by Gasteiger charge is 2.43. The van der Waals surface area contributed by atoms with E-state index in [1.54, 1.807) is 6.07 Å². The van der Waals surface area contributed by atoms with Crippen LogP contribution in [0, 0.1) is 17.7 Å². The molecule has 5 atom stereocenters. The van der Waals surface area contributed by atoms with Gasteiger partial charge in [0.2, 0.25) is 0 Å². The lowest BCUT2D eigenvalue weighted by Gasteiger charge is -2.26. The van der Waals surface area contributed by atoms with Gasteiger partial charge < -0.3 is 9.15 Å². The standard InChI is InChI=1S/C16H21FN2O2/c1-8-9(2)20-10(3)15(8)16(19-18)14-7-11-6-12(17)4-5-13(11)21-14/h4-10,15-16,19H,18H2,1-3H3. The molecule has 0 spiro atoms. The Kier molecular flexibility index (Phi) is 3.73. The topological polar surface area (TPSA) is 60.4 Å². The number of benzene rings is 1. The monoisotopic (exact) mass is 292 g/mol. The average Bonchev–Trinajstić information content (AvgIpc) is 2.95. The van der Waals surface area contributed by atoms with Gasteiger partial charge in [0.25, 0.3) is 0 Å². The van der Waals surface area contributed by atoms with Crippen molar-refractivity contribution in [2.24, 2.45) is 17.7 Å². The molecule has 3 N–H and O–H groups in total. The van der Waals surface area contributed by atoms with Crippen molar-refractivity contribution in [2.45, 2.75) is 39.0 Å². The van der Waals surface area contributed by atoms with E-state index in [1.165, 1.54) is 12.1 Å². The van der Waals surface area contributed by atoms with E-state index in [0.717, 1.165) is 11.1 Å². The van der Waals surface area contributed by atoms with Crippen molar-refractivity contribution in [1.82, 2.24) is 5.43 Å². The smallest absolute Gasteiger partial charge is 0.134 e. The predicted octanol–water partition coefficient (Wildman–Crippen LogP) is 3.14. The number of hydrogen-bond acceptors (Lipinski definition) is 4. The number of rotatable bonds is 3. The normalized spacial score (nSPS) is 30.9. The highest BCUT2D eigenvalue weighted by molar-refractivity contribution is 5.78. The molecular formula is C16H21FN2O2. The zero-order valence-corrected chi connectivity index (χ0v) is 12.5. The van der Waals surface area contributed by atoms with Crippen molar-refractivity contribution in [3.63, 3.8) is 0 Å². The molecule has 1 aromatic heterocycles. The van der Waals surface area contributed by atoms with Crippen LogP contribution in [-0.2, 0) is 4.74 Å². The fourth-order valence-electron chi connectivity index (χ4n) is 3.44. The first-order valence-corrected chi connectivity index (χ1v) is 7.32. The van der Waals surface area contributed by atoms with E-state index in [1.807, 2.05) is 6.07 Å². The minimum atomic E-state index is -0.272. The van der Waals surface area contributed by atoms with Gasteiger partial charge in [0.05, 0.1) is 18.2 Å². The minimum absolute atomic E-state index is 0.0843. The fourth-order valence-corrected chi connectivity index (χ4v) is 3.44. The van der Waals surface area contributed by atoms with Gasteiger partial charge in [-0.2, -0.15) is 0 Å². The van der Waals surface area contributed by atoms with E-state index in [4.69, 9.17) is 15.0 Å². The molecular weight excluding hydrogens is 271 g/mol. The SMILES string of the molecule is CC1OC(C)C(C(NN)c2cc3cc(F)ccc3o2)C1C. The van der Waals surface area contributed by atoms with Crippen molar-refractivity contribution >= 4 is 11.0 Å². The summed E-state index contributed by atoms with van der Waals surface area (Å²) in [7, 11) is 0. The molecule has 1 aliphatic rings. The van der Waals surface area contributed by atoms with Gasteiger partial charge in [-0.15, -0.1) is 0 Å². The van der Waals surface area contributed by atoms with E-state index < -0.39 is 0 Å². The lowest BCUT2D eigenvalue weighted by atomic mass is 9.82. The molecule has 1 fully saturated rings. The third kappa shape index (κ3) is 2.46. The number of nitrogens with one attached hydrogen (secondary N) is 1. The number of nitrogens with two attached hydrogens (primary N) is 1. The van der Waals surface area contributed by atoms with Crippen LogP contribution in [0.15, 0.2) is 28.7 Å². The van der Waals surface area contributed by atoms with E-state index in [-0.39, 0.29) is 30.0 Å². The highest BCUT2D eigenvalue weighted by atomic mass is 19.1. The first-order chi connectivity index (χ1) is 10.0. The molecule has 0 radical (unpaired) electrons. The van der Waals surface area contributed by atoms with Crippen molar-refractivity contribution in [3.8, 4) is 0 Å². The number of halogens is 1. The second-order valence-corrected chi connectivity index (χ2v) is 5.96. The Morgan fingerprint density at radius 3 is 2.57 bits per heavy atom. The molecule has 21 heavy (non-hydrogen) atoms. The molecule has 2 aromatic rings. The van der Waals surface area contributed by atoms with Crippen molar-refractivity contribution in [2.75, 3.05) is 0 Å². The van der Waals surface area contributed by atoms with Gasteiger partial charge in [0.1, 0.15) is 17.2 Å². The van der Waals surface area contributed by atoms with Crippen molar-refractivity contribution in [1.29, 1.82) is 0 Å². The van der Waals surface area contributed by atoms with Crippen LogP contribution >= 0.6 is 0 Å². The molecule has 1 aromatic carbocycles. The number of hydrazine groups is 1. The first-order valence-electron chi connectivity index (χ1n) is 7.32. The molecule has 0 aliphatic carbocycles. The van der Waals surface area contributed by atoms with E-state index in [9.17, 15) is 4.39 Å². The number of fused-ring (bicyclic) bond motifs is 1. The van der Waals surface area contributed by atoms with Gasteiger partial charge in [-0.3, -0.25) is 5.84 Å². The number of hydrogen-bond donors (Lipinski definition) is 2. The van der Waals surface area contributed by atoms with Crippen LogP contribution in [0.2, 0.25) is 0 Å². The van der Waals surface area contributed by atoms with Crippen molar-refractivity contribution in [3.05, 3.63) is 35.8 Å². The van der Waals surface area contributed by atoms with E-state index >= 15 is 0 Å². The molecule has 0 saturated carbocycles. The quantitative estimate of drug-likeness (QED) is 0.674. The summed E-state index contributed by atoms with van der Waals surface area (Å²) in [5.41, 5.74) is 3.52. The minimum Gasteiger partial charge on any atom is -0.459 e. The van der Waals surface area contributed by atoms with Crippen LogP contribution in [0.1, 0.15) is 32.6 Å². The third-order valence-electron chi connectivity index (χ3n) is 4.69. The summed E-state index contributed by atoms with van der Waals surface area (Å²) in [6.45, 7) is 6.28. The maximum absolute atomic E-state index is 13.3. The Bertz CT molecular complexity index is 642.